The van der Waals surface area contributed by atoms with Crippen LogP contribution in [0, 0.1) is 12.7 Å². The van der Waals surface area contributed by atoms with E-state index >= 15 is 0 Å². The molecule has 4 rings (SSSR count). The number of nitrogens with zero attached hydrogens (tertiary/aromatic N) is 3. The maximum absolute atomic E-state index is 13.3. The molecule has 2 aliphatic heterocycles. The Balaban J connectivity index is 1.30. The Morgan fingerprint density at radius 2 is 1.62 bits per heavy atom. The van der Waals surface area contributed by atoms with Crippen LogP contribution in [0.4, 0.5) is 10.1 Å². The zero-order valence-electron chi connectivity index (χ0n) is 15.6. The fourth-order valence-electron chi connectivity index (χ4n) is 4.68. The number of piperidine rings is 2. The topological polar surface area (TPSA) is 19.4 Å². The molecule has 138 valence electrons. The molecule has 0 atom stereocenters. The van der Waals surface area contributed by atoms with Crippen LogP contribution in [0.1, 0.15) is 42.7 Å². The van der Waals surface area contributed by atoms with Gasteiger partial charge in [0.1, 0.15) is 5.82 Å². The summed E-state index contributed by atoms with van der Waals surface area (Å²) < 4.78 is 13.3. The van der Waals surface area contributed by atoms with Gasteiger partial charge in [-0.1, -0.05) is 0 Å². The molecule has 0 spiro atoms. The van der Waals surface area contributed by atoms with E-state index in [0.29, 0.717) is 12.0 Å². The molecule has 0 bridgehead atoms. The summed E-state index contributed by atoms with van der Waals surface area (Å²) in [6, 6.07) is 10.2. The summed E-state index contributed by atoms with van der Waals surface area (Å²) in [7, 11) is 0. The highest BCUT2D eigenvalue weighted by molar-refractivity contribution is 5.53. The highest BCUT2D eigenvalue weighted by Crippen LogP contribution is 2.31. The number of halogens is 1. The first kappa shape index (κ1) is 17.5. The van der Waals surface area contributed by atoms with Gasteiger partial charge in [-0.05, 0) is 93.1 Å². The Bertz CT molecular complexity index is 717. The van der Waals surface area contributed by atoms with Crippen molar-refractivity contribution in [3.05, 3.63) is 59.7 Å². The number of rotatable bonds is 3. The van der Waals surface area contributed by atoms with Gasteiger partial charge in [0.25, 0.3) is 0 Å². The van der Waals surface area contributed by atoms with Gasteiger partial charge >= 0.3 is 0 Å². The number of aromatic nitrogens is 1. The van der Waals surface area contributed by atoms with Crippen molar-refractivity contribution in [1.29, 1.82) is 0 Å². The van der Waals surface area contributed by atoms with Crippen molar-refractivity contribution in [3.8, 4) is 0 Å². The van der Waals surface area contributed by atoms with E-state index < -0.39 is 0 Å². The normalized spacial score (nSPS) is 20.5. The number of likely N-dealkylation sites (tertiary alicyclic amines) is 1. The van der Waals surface area contributed by atoms with E-state index in [4.69, 9.17) is 0 Å². The van der Waals surface area contributed by atoms with E-state index in [-0.39, 0.29) is 5.82 Å². The summed E-state index contributed by atoms with van der Waals surface area (Å²) in [5, 5.41) is 0. The largest absolute Gasteiger partial charge is 0.371 e. The van der Waals surface area contributed by atoms with Gasteiger partial charge in [0.15, 0.2) is 0 Å². The van der Waals surface area contributed by atoms with Gasteiger partial charge in [-0.15, -0.1) is 0 Å². The second-order valence-electron chi connectivity index (χ2n) is 7.74. The molecule has 2 aliphatic rings. The third kappa shape index (κ3) is 3.75. The second kappa shape index (κ2) is 7.75. The van der Waals surface area contributed by atoms with Crippen molar-refractivity contribution >= 4 is 5.69 Å². The average Bonchev–Trinajstić information content (AvgIpc) is 2.69. The summed E-state index contributed by atoms with van der Waals surface area (Å²) >= 11 is 0. The van der Waals surface area contributed by atoms with Crippen LogP contribution in [0.25, 0.3) is 0 Å². The standard InChI is InChI=1S/C22H28FN3/c1-17-16-20(23)2-3-22(17)26-14-8-21(9-15-26)25-12-6-19(7-13-25)18-4-10-24-11-5-18/h2-5,10-11,16,19,21H,6-9,12-15H2,1H3. The molecule has 1 aromatic carbocycles. The summed E-state index contributed by atoms with van der Waals surface area (Å²) in [6.45, 7) is 6.55. The minimum Gasteiger partial charge on any atom is -0.371 e. The summed E-state index contributed by atoms with van der Waals surface area (Å²) in [4.78, 5) is 9.26. The van der Waals surface area contributed by atoms with Gasteiger partial charge in [-0.2, -0.15) is 0 Å². The maximum atomic E-state index is 13.3. The van der Waals surface area contributed by atoms with Gasteiger partial charge < -0.3 is 9.80 Å². The van der Waals surface area contributed by atoms with Crippen LogP contribution < -0.4 is 4.90 Å². The van der Waals surface area contributed by atoms with Crippen molar-refractivity contribution in [2.75, 3.05) is 31.1 Å². The monoisotopic (exact) mass is 353 g/mol. The van der Waals surface area contributed by atoms with Crippen molar-refractivity contribution in [2.24, 2.45) is 0 Å². The highest BCUT2D eigenvalue weighted by atomic mass is 19.1. The van der Waals surface area contributed by atoms with Crippen LogP contribution in [-0.2, 0) is 0 Å². The SMILES string of the molecule is Cc1cc(F)ccc1N1CCC(N2CCC(c3ccncc3)CC2)CC1. The number of hydrogen-bond acceptors (Lipinski definition) is 3. The zero-order chi connectivity index (χ0) is 17.9. The fraction of sp³-hybridized carbons (Fsp3) is 0.500. The molecule has 2 aromatic rings. The minimum atomic E-state index is -0.141. The van der Waals surface area contributed by atoms with E-state index in [2.05, 4.69) is 26.9 Å². The number of hydrogen-bond donors (Lipinski definition) is 0. The van der Waals surface area contributed by atoms with Crippen LogP contribution >= 0.6 is 0 Å². The van der Waals surface area contributed by atoms with Crippen molar-refractivity contribution in [3.63, 3.8) is 0 Å². The molecule has 4 heteroatoms. The lowest BCUT2D eigenvalue weighted by molar-refractivity contribution is 0.132. The molecule has 2 fully saturated rings. The lowest BCUT2D eigenvalue weighted by Crippen LogP contribution is -2.47. The molecule has 3 heterocycles. The predicted molar refractivity (Wildman–Crippen MR) is 104 cm³/mol. The van der Waals surface area contributed by atoms with Crippen LogP contribution in [-0.4, -0.2) is 42.1 Å². The number of pyridine rings is 1. The number of aryl methyl sites for hydroxylation is 1. The summed E-state index contributed by atoms with van der Waals surface area (Å²) in [5.41, 5.74) is 3.68. The third-order valence-corrected chi connectivity index (χ3v) is 6.19. The Kier molecular flexibility index (Phi) is 5.21. The molecule has 0 radical (unpaired) electrons. The number of benzene rings is 1. The Morgan fingerprint density at radius 3 is 2.27 bits per heavy atom. The summed E-state index contributed by atoms with van der Waals surface area (Å²) in [5.74, 6) is 0.550. The smallest absolute Gasteiger partial charge is 0.123 e. The molecule has 0 saturated carbocycles. The molecule has 0 amide bonds. The molecule has 26 heavy (non-hydrogen) atoms. The molecule has 0 aliphatic carbocycles. The third-order valence-electron chi connectivity index (χ3n) is 6.19. The highest BCUT2D eigenvalue weighted by Gasteiger charge is 2.29. The average molecular weight is 353 g/mol. The Morgan fingerprint density at radius 1 is 0.923 bits per heavy atom. The van der Waals surface area contributed by atoms with E-state index in [1.807, 2.05) is 25.4 Å². The van der Waals surface area contributed by atoms with Crippen LogP contribution in [0.15, 0.2) is 42.7 Å². The van der Waals surface area contributed by atoms with Gasteiger partial charge in [-0.25, -0.2) is 4.39 Å². The van der Waals surface area contributed by atoms with E-state index in [1.165, 1.54) is 50.0 Å². The fourth-order valence-corrected chi connectivity index (χ4v) is 4.68. The lowest BCUT2D eigenvalue weighted by atomic mass is 9.88. The molecular weight excluding hydrogens is 325 g/mol. The predicted octanol–water partition coefficient (Wildman–Crippen LogP) is 4.38. The first-order chi connectivity index (χ1) is 12.7. The molecular formula is C22H28FN3. The molecule has 3 nitrogen and oxygen atoms in total. The summed E-state index contributed by atoms with van der Waals surface area (Å²) in [6.07, 6.45) is 8.74. The molecule has 0 N–H and O–H groups in total. The molecule has 2 saturated heterocycles. The first-order valence-corrected chi connectivity index (χ1v) is 9.86. The van der Waals surface area contributed by atoms with Crippen molar-refractivity contribution in [1.82, 2.24) is 9.88 Å². The quantitative estimate of drug-likeness (QED) is 0.816. The van der Waals surface area contributed by atoms with Gasteiger partial charge in [0, 0.05) is 37.2 Å². The van der Waals surface area contributed by atoms with Crippen LogP contribution in [0.3, 0.4) is 0 Å². The first-order valence-electron chi connectivity index (χ1n) is 9.86. The van der Waals surface area contributed by atoms with Crippen LogP contribution in [0.5, 0.6) is 0 Å². The Labute approximate surface area is 155 Å². The van der Waals surface area contributed by atoms with Crippen molar-refractivity contribution in [2.45, 2.75) is 44.6 Å². The van der Waals surface area contributed by atoms with Crippen LogP contribution in [0.2, 0.25) is 0 Å². The minimum absolute atomic E-state index is 0.141. The van der Waals surface area contributed by atoms with E-state index in [1.54, 1.807) is 12.1 Å². The molecule has 0 unspecified atom stereocenters. The van der Waals surface area contributed by atoms with Crippen molar-refractivity contribution < 1.29 is 4.39 Å². The van der Waals surface area contributed by atoms with Gasteiger partial charge in [-0.3, -0.25) is 4.98 Å². The van der Waals surface area contributed by atoms with Gasteiger partial charge in [0.2, 0.25) is 0 Å². The molecule has 1 aromatic heterocycles. The second-order valence-corrected chi connectivity index (χ2v) is 7.74. The maximum Gasteiger partial charge on any atom is 0.123 e. The van der Waals surface area contributed by atoms with E-state index in [0.717, 1.165) is 18.7 Å². The zero-order valence-corrected chi connectivity index (χ0v) is 15.6. The lowest BCUT2D eigenvalue weighted by Gasteiger charge is -2.42. The van der Waals surface area contributed by atoms with Gasteiger partial charge in [0.05, 0.1) is 0 Å². The van der Waals surface area contributed by atoms with E-state index in [9.17, 15) is 4.39 Å². The number of anilines is 1. The Hall–Kier alpha value is -1.94.